The molecule has 3 aromatic rings. The number of fused-ring (bicyclic) bond motifs is 2. The minimum atomic E-state index is -3.93. The van der Waals surface area contributed by atoms with Gasteiger partial charge in [-0.3, -0.25) is 4.90 Å². The number of aliphatic hydroxyl groups excluding tert-OH is 1. The molecule has 0 bridgehead atoms. The lowest BCUT2D eigenvalue weighted by molar-refractivity contribution is 0.0734. The molecule has 9 nitrogen and oxygen atoms in total. The van der Waals surface area contributed by atoms with Crippen LogP contribution in [0.4, 0.5) is 0 Å². The number of benzene rings is 3. The van der Waals surface area contributed by atoms with E-state index in [1.54, 1.807) is 32.2 Å². The normalized spacial score (nSPS) is 20.8. The van der Waals surface area contributed by atoms with Crippen molar-refractivity contribution in [2.75, 3.05) is 40.6 Å². The summed E-state index contributed by atoms with van der Waals surface area (Å²) in [5.41, 5.74) is 2.69. The molecular weight excluding hydrogens is 532 g/mol. The predicted octanol–water partition coefficient (Wildman–Crippen LogP) is 3.99. The Morgan fingerprint density at radius 1 is 1.07 bits per heavy atom. The Hall–Kier alpha value is -3.31. The minimum Gasteiger partial charge on any atom is -0.496 e. The monoisotopic (exact) mass is 568 g/mol. The van der Waals surface area contributed by atoms with Crippen molar-refractivity contribution in [1.82, 2.24) is 9.21 Å². The summed E-state index contributed by atoms with van der Waals surface area (Å²) in [5.74, 6) is 2.28. The first kappa shape index (κ1) is 28.2. The standard InChI is InChI=1S/C30H36N2O7S/c1-20-15-32(21(2)18-33)40(34,35)30-12-10-23(24-7-5-6-8-25(24)36-4)14-28(30)39-29(20)17-31(3)16-22-9-11-26-27(13-22)38-19-37-26/h5-14,20-21,29,33H,15-19H2,1-4H3/t20-,21+,29+/m0/s1. The van der Waals surface area contributed by atoms with Crippen LogP contribution in [0.25, 0.3) is 11.1 Å². The zero-order valence-electron chi connectivity index (χ0n) is 23.2. The van der Waals surface area contributed by atoms with E-state index in [-0.39, 0.29) is 42.6 Å². The van der Waals surface area contributed by atoms with Gasteiger partial charge in [0.25, 0.3) is 0 Å². The molecule has 0 unspecified atom stereocenters. The van der Waals surface area contributed by atoms with Crippen molar-refractivity contribution in [3.05, 3.63) is 66.2 Å². The molecule has 0 saturated heterocycles. The number of sulfonamides is 1. The summed E-state index contributed by atoms with van der Waals surface area (Å²) in [5, 5.41) is 9.93. The number of aliphatic hydroxyl groups is 1. The van der Waals surface area contributed by atoms with E-state index >= 15 is 0 Å². The number of para-hydroxylation sites is 1. The molecule has 40 heavy (non-hydrogen) atoms. The van der Waals surface area contributed by atoms with Gasteiger partial charge in [-0.15, -0.1) is 0 Å². The molecule has 0 aliphatic carbocycles. The van der Waals surface area contributed by atoms with Crippen LogP contribution < -0.4 is 18.9 Å². The zero-order chi connectivity index (χ0) is 28.4. The summed E-state index contributed by atoms with van der Waals surface area (Å²) in [6, 6.07) is 18.0. The Balaban J connectivity index is 1.49. The van der Waals surface area contributed by atoms with E-state index in [1.807, 2.05) is 56.4 Å². The second-order valence-corrected chi connectivity index (χ2v) is 12.3. The molecule has 3 atom stereocenters. The first-order valence-corrected chi connectivity index (χ1v) is 14.8. The maximum Gasteiger partial charge on any atom is 0.247 e. The summed E-state index contributed by atoms with van der Waals surface area (Å²) >= 11 is 0. The second-order valence-electron chi connectivity index (χ2n) is 10.5. The molecule has 2 aliphatic rings. The van der Waals surface area contributed by atoms with Gasteiger partial charge in [-0.05, 0) is 55.4 Å². The lowest BCUT2D eigenvalue weighted by Crippen LogP contribution is -2.49. The van der Waals surface area contributed by atoms with Gasteiger partial charge in [-0.1, -0.05) is 37.3 Å². The van der Waals surface area contributed by atoms with Crippen LogP contribution >= 0.6 is 0 Å². The van der Waals surface area contributed by atoms with Crippen molar-refractivity contribution < 1.29 is 32.5 Å². The molecule has 0 spiro atoms. The number of hydrogen-bond donors (Lipinski definition) is 1. The van der Waals surface area contributed by atoms with Gasteiger partial charge in [0.1, 0.15) is 22.5 Å². The third-order valence-electron chi connectivity index (χ3n) is 7.47. The third kappa shape index (κ3) is 5.62. The highest BCUT2D eigenvalue weighted by Gasteiger charge is 2.38. The molecule has 0 radical (unpaired) electrons. The highest BCUT2D eigenvalue weighted by molar-refractivity contribution is 7.89. The average molecular weight is 569 g/mol. The smallest absolute Gasteiger partial charge is 0.247 e. The predicted molar refractivity (Wildman–Crippen MR) is 151 cm³/mol. The summed E-state index contributed by atoms with van der Waals surface area (Å²) in [7, 11) is -0.313. The first-order chi connectivity index (χ1) is 19.2. The SMILES string of the molecule is COc1ccccc1-c1ccc2c(c1)O[C@H](CN(C)Cc1ccc3c(c1)OCO3)[C@@H](C)CN([C@H](C)CO)S2(=O)=O. The van der Waals surface area contributed by atoms with E-state index in [9.17, 15) is 13.5 Å². The van der Waals surface area contributed by atoms with Crippen molar-refractivity contribution in [2.24, 2.45) is 5.92 Å². The summed E-state index contributed by atoms with van der Waals surface area (Å²) in [6.07, 6.45) is -0.324. The van der Waals surface area contributed by atoms with Gasteiger partial charge < -0.3 is 24.1 Å². The molecule has 3 aromatic carbocycles. The van der Waals surface area contributed by atoms with Crippen molar-refractivity contribution in [1.29, 1.82) is 0 Å². The van der Waals surface area contributed by atoms with Gasteiger partial charge in [-0.2, -0.15) is 4.31 Å². The van der Waals surface area contributed by atoms with Crippen LogP contribution in [-0.2, 0) is 16.6 Å². The average Bonchev–Trinajstić information content (AvgIpc) is 3.42. The molecule has 1 N–H and O–H groups in total. The van der Waals surface area contributed by atoms with Gasteiger partial charge in [0.2, 0.25) is 16.8 Å². The van der Waals surface area contributed by atoms with Crippen LogP contribution in [0.5, 0.6) is 23.0 Å². The number of methoxy groups -OCH3 is 1. The van der Waals surface area contributed by atoms with E-state index in [2.05, 4.69) is 4.90 Å². The Labute approximate surface area is 235 Å². The molecule has 2 heterocycles. The molecule has 0 aromatic heterocycles. The van der Waals surface area contributed by atoms with Gasteiger partial charge in [0.15, 0.2) is 11.5 Å². The zero-order valence-corrected chi connectivity index (χ0v) is 24.1. The summed E-state index contributed by atoms with van der Waals surface area (Å²) in [6.45, 7) is 5.07. The molecule has 10 heteroatoms. The third-order valence-corrected chi connectivity index (χ3v) is 9.49. The maximum absolute atomic E-state index is 13.8. The van der Waals surface area contributed by atoms with Crippen molar-refractivity contribution >= 4 is 10.0 Å². The van der Waals surface area contributed by atoms with Crippen LogP contribution in [-0.4, -0.2) is 75.5 Å². The van der Waals surface area contributed by atoms with Gasteiger partial charge >= 0.3 is 0 Å². The highest BCUT2D eigenvalue weighted by atomic mass is 32.2. The Morgan fingerprint density at radius 2 is 1.85 bits per heavy atom. The Bertz CT molecular complexity index is 1460. The highest BCUT2D eigenvalue weighted by Crippen LogP contribution is 2.39. The second kappa shape index (κ2) is 11.7. The molecule has 0 saturated carbocycles. The number of rotatable bonds is 8. The van der Waals surface area contributed by atoms with Crippen LogP contribution in [0.1, 0.15) is 19.4 Å². The number of likely N-dealkylation sites (N-methyl/N-ethyl adjacent to an activating group) is 1. The molecule has 5 rings (SSSR count). The lowest BCUT2D eigenvalue weighted by atomic mass is 10.0. The number of nitrogens with zero attached hydrogens (tertiary/aromatic N) is 2. The first-order valence-electron chi connectivity index (χ1n) is 13.3. The van der Waals surface area contributed by atoms with Gasteiger partial charge in [0.05, 0.1) is 13.7 Å². The molecule has 0 fully saturated rings. The molecule has 2 aliphatic heterocycles. The number of hydrogen-bond acceptors (Lipinski definition) is 8. The van der Waals surface area contributed by atoms with E-state index in [1.165, 1.54) is 4.31 Å². The maximum atomic E-state index is 13.8. The van der Waals surface area contributed by atoms with Crippen molar-refractivity contribution in [3.8, 4) is 34.1 Å². The van der Waals surface area contributed by atoms with Crippen molar-refractivity contribution in [3.63, 3.8) is 0 Å². The van der Waals surface area contributed by atoms with E-state index in [0.29, 0.717) is 18.8 Å². The Morgan fingerprint density at radius 3 is 2.62 bits per heavy atom. The fraction of sp³-hybridized carbons (Fsp3) is 0.400. The van der Waals surface area contributed by atoms with Crippen LogP contribution in [0.15, 0.2) is 65.6 Å². The number of ether oxygens (including phenoxy) is 4. The van der Waals surface area contributed by atoms with Gasteiger partial charge in [0, 0.05) is 37.2 Å². The van der Waals surface area contributed by atoms with Crippen LogP contribution in [0.2, 0.25) is 0 Å². The Kier molecular flexibility index (Phi) is 8.23. The topological polar surface area (TPSA) is 97.8 Å². The minimum absolute atomic E-state index is 0.0850. The largest absolute Gasteiger partial charge is 0.496 e. The van der Waals surface area contributed by atoms with Crippen molar-refractivity contribution in [2.45, 2.75) is 37.4 Å². The van der Waals surface area contributed by atoms with E-state index < -0.39 is 16.1 Å². The fourth-order valence-corrected chi connectivity index (χ4v) is 7.04. The molecular formula is C30H36N2O7S. The quantitative estimate of drug-likeness (QED) is 0.436. The van der Waals surface area contributed by atoms with Crippen LogP contribution in [0, 0.1) is 5.92 Å². The lowest BCUT2D eigenvalue weighted by Gasteiger charge is -2.37. The molecule has 214 valence electrons. The fourth-order valence-electron chi connectivity index (χ4n) is 5.22. The van der Waals surface area contributed by atoms with Gasteiger partial charge in [-0.25, -0.2) is 8.42 Å². The van der Waals surface area contributed by atoms with E-state index in [0.717, 1.165) is 28.2 Å². The summed E-state index contributed by atoms with van der Waals surface area (Å²) in [4.78, 5) is 2.24. The summed E-state index contributed by atoms with van der Waals surface area (Å²) < 4.78 is 52.1. The van der Waals surface area contributed by atoms with E-state index in [4.69, 9.17) is 18.9 Å². The molecule has 0 amide bonds. The van der Waals surface area contributed by atoms with Crippen LogP contribution in [0.3, 0.4) is 0 Å².